The van der Waals surface area contributed by atoms with E-state index < -0.39 is 0 Å². The minimum absolute atomic E-state index is 0.0637. The molecule has 0 unspecified atom stereocenters. The fraction of sp³-hybridized carbons (Fsp3) is 0.545. The molecule has 2 rings (SSSR count). The summed E-state index contributed by atoms with van der Waals surface area (Å²) in [5.41, 5.74) is 0.0637. The van der Waals surface area contributed by atoms with Gasteiger partial charge in [0.2, 0.25) is 5.82 Å². The van der Waals surface area contributed by atoms with E-state index in [1.54, 1.807) is 6.20 Å². The highest BCUT2D eigenvalue weighted by atomic mass is 79.9. The number of rotatable bonds is 3. The fourth-order valence-corrected chi connectivity index (χ4v) is 2.61. The monoisotopic (exact) mass is 299 g/mol. The first-order valence-corrected chi connectivity index (χ1v) is 6.41. The highest BCUT2D eigenvalue weighted by Crippen LogP contribution is 2.32. The zero-order valence-corrected chi connectivity index (χ0v) is 11.2. The summed E-state index contributed by atoms with van der Waals surface area (Å²) in [6, 6.07) is 1.88. The summed E-state index contributed by atoms with van der Waals surface area (Å²) in [5, 5.41) is 11.0. The third-order valence-corrected chi connectivity index (χ3v) is 3.65. The van der Waals surface area contributed by atoms with Crippen LogP contribution in [0.25, 0.3) is 0 Å². The largest absolute Gasteiger partial charge is 0.351 e. The maximum Gasteiger partial charge on any atom is 0.312 e. The van der Waals surface area contributed by atoms with Gasteiger partial charge in [-0.25, -0.2) is 4.98 Å². The molecule has 1 aromatic rings. The van der Waals surface area contributed by atoms with Crippen molar-refractivity contribution >= 4 is 27.4 Å². The molecule has 0 spiro atoms. The van der Waals surface area contributed by atoms with E-state index in [9.17, 15) is 10.1 Å². The number of pyridine rings is 1. The van der Waals surface area contributed by atoms with Gasteiger partial charge >= 0.3 is 5.69 Å². The molecule has 0 saturated heterocycles. The van der Waals surface area contributed by atoms with Crippen LogP contribution in [0.1, 0.15) is 25.7 Å². The normalized spacial score (nSPS) is 16.1. The van der Waals surface area contributed by atoms with Crippen molar-refractivity contribution in [2.75, 3.05) is 11.9 Å². The van der Waals surface area contributed by atoms with E-state index >= 15 is 0 Å². The van der Waals surface area contributed by atoms with E-state index in [-0.39, 0.29) is 10.6 Å². The van der Waals surface area contributed by atoms with E-state index in [2.05, 4.69) is 20.9 Å². The molecule has 6 heteroatoms. The van der Waals surface area contributed by atoms with E-state index in [0.717, 1.165) is 12.8 Å². The Kier molecular flexibility index (Phi) is 3.61. The maximum atomic E-state index is 11.0. The number of hydrogen-bond donors (Lipinski definition) is 0. The van der Waals surface area contributed by atoms with Crippen molar-refractivity contribution in [3.8, 4) is 0 Å². The van der Waals surface area contributed by atoms with Crippen molar-refractivity contribution in [2.24, 2.45) is 0 Å². The Balaban J connectivity index is 2.33. The average Bonchev–Trinajstić information content (AvgIpc) is 2.81. The lowest BCUT2D eigenvalue weighted by molar-refractivity contribution is -0.384. The quantitative estimate of drug-likeness (QED) is 0.635. The van der Waals surface area contributed by atoms with E-state index in [1.807, 2.05) is 11.9 Å². The minimum atomic E-state index is -0.376. The van der Waals surface area contributed by atoms with Crippen molar-refractivity contribution < 1.29 is 4.92 Å². The molecule has 0 aromatic carbocycles. The Morgan fingerprint density at radius 1 is 1.53 bits per heavy atom. The van der Waals surface area contributed by atoms with Gasteiger partial charge in [0.25, 0.3) is 0 Å². The molecule has 1 fully saturated rings. The van der Waals surface area contributed by atoms with Crippen molar-refractivity contribution in [1.29, 1.82) is 0 Å². The van der Waals surface area contributed by atoms with Crippen LogP contribution in [-0.2, 0) is 0 Å². The van der Waals surface area contributed by atoms with Gasteiger partial charge in [0.15, 0.2) is 0 Å². The Bertz CT molecular complexity index is 433. The van der Waals surface area contributed by atoms with Crippen molar-refractivity contribution in [1.82, 2.24) is 4.98 Å². The Hall–Kier alpha value is -1.17. The second-order valence-corrected chi connectivity index (χ2v) is 5.22. The van der Waals surface area contributed by atoms with E-state index in [4.69, 9.17) is 0 Å². The molecule has 0 radical (unpaired) electrons. The molecule has 1 saturated carbocycles. The molecule has 92 valence electrons. The summed E-state index contributed by atoms with van der Waals surface area (Å²) >= 11 is 3.21. The lowest BCUT2D eigenvalue weighted by Gasteiger charge is -2.24. The third-order valence-electron chi connectivity index (χ3n) is 3.22. The Morgan fingerprint density at radius 2 is 2.18 bits per heavy atom. The molecule has 5 nitrogen and oxygen atoms in total. The maximum absolute atomic E-state index is 11.0. The van der Waals surface area contributed by atoms with Gasteiger partial charge in [-0.2, -0.15) is 0 Å². The second kappa shape index (κ2) is 5.00. The van der Waals surface area contributed by atoms with E-state index in [0.29, 0.717) is 16.3 Å². The average molecular weight is 300 g/mol. The molecule has 1 aliphatic rings. The van der Waals surface area contributed by atoms with Crippen LogP contribution in [0.3, 0.4) is 0 Å². The zero-order chi connectivity index (χ0) is 12.4. The summed E-state index contributed by atoms with van der Waals surface area (Å²) in [7, 11) is 1.89. The second-order valence-electron chi connectivity index (χ2n) is 4.30. The van der Waals surface area contributed by atoms with Gasteiger partial charge in [-0.15, -0.1) is 0 Å². The van der Waals surface area contributed by atoms with Gasteiger partial charge in [-0.05, 0) is 28.8 Å². The molecule has 0 bridgehead atoms. The lowest BCUT2D eigenvalue weighted by Crippen LogP contribution is -2.30. The molecular formula is C11H14BrN3O2. The predicted molar refractivity (Wildman–Crippen MR) is 69.3 cm³/mol. The lowest BCUT2D eigenvalue weighted by atomic mass is 10.2. The molecule has 1 aliphatic carbocycles. The summed E-state index contributed by atoms with van der Waals surface area (Å²) in [5.74, 6) is 0.463. The van der Waals surface area contributed by atoms with Crippen LogP contribution in [0.5, 0.6) is 0 Å². The molecule has 17 heavy (non-hydrogen) atoms. The van der Waals surface area contributed by atoms with Crippen LogP contribution in [0, 0.1) is 10.1 Å². The van der Waals surface area contributed by atoms with Crippen molar-refractivity contribution in [3.63, 3.8) is 0 Å². The highest BCUT2D eigenvalue weighted by Gasteiger charge is 2.26. The van der Waals surface area contributed by atoms with Gasteiger partial charge in [0.05, 0.1) is 4.92 Å². The summed E-state index contributed by atoms with van der Waals surface area (Å²) < 4.78 is 0.632. The summed E-state index contributed by atoms with van der Waals surface area (Å²) in [4.78, 5) is 16.8. The first-order valence-electron chi connectivity index (χ1n) is 5.62. The first-order chi connectivity index (χ1) is 8.09. The fourth-order valence-electron chi connectivity index (χ4n) is 2.29. The number of nitro groups is 1. The molecule has 0 amide bonds. The standard InChI is InChI=1S/C11H14BrN3O2/c1-14(9-4-2-3-5-9)11-10(15(16)17)6-8(12)7-13-11/h6-7,9H,2-5H2,1H3. The topological polar surface area (TPSA) is 59.3 Å². The minimum Gasteiger partial charge on any atom is -0.351 e. The van der Waals surface area contributed by atoms with Crippen molar-refractivity contribution in [3.05, 3.63) is 26.9 Å². The molecule has 0 atom stereocenters. The van der Waals surface area contributed by atoms with Crippen LogP contribution in [0.15, 0.2) is 16.7 Å². The number of hydrogen-bond acceptors (Lipinski definition) is 4. The van der Waals surface area contributed by atoms with Gasteiger partial charge in [-0.3, -0.25) is 10.1 Å². The van der Waals surface area contributed by atoms with Crippen LogP contribution in [0.2, 0.25) is 0 Å². The number of halogens is 1. The Labute approximate surface area is 108 Å². The Morgan fingerprint density at radius 3 is 2.76 bits per heavy atom. The molecule has 0 aliphatic heterocycles. The zero-order valence-electron chi connectivity index (χ0n) is 9.60. The number of anilines is 1. The van der Waals surface area contributed by atoms with Crippen molar-refractivity contribution in [2.45, 2.75) is 31.7 Å². The molecule has 1 heterocycles. The van der Waals surface area contributed by atoms with Gasteiger partial charge in [0, 0.05) is 29.8 Å². The van der Waals surface area contributed by atoms with Gasteiger partial charge in [-0.1, -0.05) is 12.8 Å². The number of aromatic nitrogens is 1. The molecular weight excluding hydrogens is 286 g/mol. The summed E-state index contributed by atoms with van der Waals surface area (Å²) in [6.45, 7) is 0. The van der Waals surface area contributed by atoms with Crippen LogP contribution in [-0.4, -0.2) is 23.0 Å². The number of nitrogens with zero attached hydrogens (tertiary/aromatic N) is 3. The summed E-state index contributed by atoms with van der Waals surface area (Å²) in [6.07, 6.45) is 6.17. The van der Waals surface area contributed by atoms with Gasteiger partial charge in [0.1, 0.15) is 0 Å². The van der Waals surface area contributed by atoms with Crippen LogP contribution >= 0.6 is 15.9 Å². The van der Waals surface area contributed by atoms with Crippen LogP contribution < -0.4 is 4.90 Å². The molecule has 1 aromatic heterocycles. The smallest absolute Gasteiger partial charge is 0.312 e. The van der Waals surface area contributed by atoms with E-state index in [1.165, 1.54) is 18.9 Å². The van der Waals surface area contributed by atoms with Crippen LogP contribution in [0.4, 0.5) is 11.5 Å². The third kappa shape index (κ3) is 2.57. The first kappa shape index (κ1) is 12.3. The SMILES string of the molecule is CN(c1ncc(Br)cc1[N+](=O)[O-])C1CCCC1. The highest BCUT2D eigenvalue weighted by molar-refractivity contribution is 9.10. The molecule has 0 N–H and O–H groups in total. The van der Waals surface area contributed by atoms with Gasteiger partial charge < -0.3 is 4.90 Å². The predicted octanol–water partition coefficient (Wildman–Crippen LogP) is 3.13.